The minimum atomic E-state index is -0.182. The first-order valence-corrected chi connectivity index (χ1v) is 9.65. The van der Waals surface area contributed by atoms with Gasteiger partial charge >= 0.3 is 0 Å². The van der Waals surface area contributed by atoms with Crippen molar-refractivity contribution in [3.8, 4) is 0 Å². The molecule has 0 saturated carbocycles. The molecule has 0 fully saturated rings. The number of thioether (sulfide) groups is 1. The van der Waals surface area contributed by atoms with Crippen LogP contribution in [0.25, 0.3) is 10.9 Å². The van der Waals surface area contributed by atoms with Gasteiger partial charge < -0.3 is 5.32 Å². The summed E-state index contributed by atoms with van der Waals surface area (Å²) < 4.78 is 1.53. The van der Waals surface area contributed by atoms with E-state index in [-0.39, 0.29) is 17.2 Å². The van der Waals surface area contributed by atoms with E-state index in [9.17, 15) is 9.59 Å². The standard InChI is InChI=1S/C20H18ClN3O2S/c1-3-10-24-19(26)15-6-4-5-7-17(15)23-20(24)27-12-18(25)22-16-9-8-14(21)11-13(16)2/h3-9,11H,1,10,12H2,2H3,(H,22,25). The maximum absolute atomic E-state index is 12.7. The Kier molecular flexibility index (Phi) is 5.98. The third kappa shape index (κ3) is 4.40. The van der Waals surface area contributed by atoms with Gasteiger partial charge in [0.05, 0.1) is 16.7 Å². The van der Waals surface area contributed by atoms with E-state index in [1.54, 1.807) is 42.5 Å². The van der Waals surface area contributed by atoms with Crippen LogP contribution in [0.5, 0.6) is 0 Å². The smallest absolute Gasteiger partial charge is 0.262 e. The van der Waals surface area contributed by atoms with Crippen LogP contribution in [0, 0.1) is 6.92 Å². The number of hydrogen-bond acceptors (Lipinski definition) is 4. The van der Waals surface area contributed by atoms with Crippen molar-refractivity contribution in [2.45, 2.75) is 18.6 Å². The summed E-state index contributed by atoms with van der Waals surface area (Å²) in [5.74, 6) is -0.0535. The summed E-state index contributed by atoms with van der Waals surface area (Å²) in [5, 5.41) is 4.51. The van der Waals surface area contributed by atoms with Gasteiger partial charge in [-0.05, 0) is 42.8 Å². The van der Waals surface area contributed by atoms with Gasteiger partial charge in [0, 0.05) is 17.3 Å². The molecule has 0 aliphatic rings. The van der Waals surface area contributed by atoms with Crippen molar-refractivity contribution < 1.29 is 4.79 Å². The lowest BCUT2D eigenvalue weighted by Crippen LogP contribution is -2.23. The molecule has 0 unspecified atom stereocenters. The number of carbonyl (C=O) groups is 1. The molecule has 0 saturated heterocycles. The molecule has 138 valence electrons. The zero-order valence-electron chi connectivity index (χ0n) is 14.7. The Morgan fingerprint density at radius 1 is 1.33 bits per heavy atom. The predicted octanol–water partition coefficient (Wildman–Crippen LogP) is 4.28. The molecule has 1 heterocycles. The van der Waals surface area contributed by atoms with Crippen molar-refractivity contribution in [3.63, 3.8) is 0 Å². The Labute approximate surface area is 166 Å². The van der Waals surface area contributed by atoms with Gasteiger partial charge in [-0.15, -0.1) is 6.58 Å². The maximum Gasteiger partial charge on any atom is 0.262 e. The normalized spacial score (nSPS) is 10.7. The first-order chi connectivity index (χ1) is 13.0. The number of benzene rings is 2. The number of aryl methyl sites for hydroxylation is 1. The largest absolute Gasteiger partial charge is 0.325 e. The summed E-state index contributed by atoms with van der Waals surface area (Å²) in [5.41, 5.74) is 2.06. The Morgan fingerprint density at radius 2 is 2.11 bits per heavy atom. The van der Waals surface area contributed by atoms with Gasteiger partial charge in [-0.2, -0.15) is 0 Å². The quantitative estimate of drug-likeness (QED) is 0.382. The molecule has 3 rings (SSSR count). The number of fused-ring (bicyclic) bond motifs is 1. The van der Waals surface area contributed by atoms with Crippen molar-refractivity contribution in [1.82, 2.24) is 9.55 Å². The van der Waals surface area contributed by atoms with E-state index in [4.69, 9.17) is 11.6 Å². The molecule has 27 heavy (non-hydrogen) atoms. The third-order valence-corrected chi connectivity index (χ3v) is 5.14. The monoisotopic (exact) mass is 399 g/mol. The molecule has 0 spiro atoms. The van der Waals surface area contributed by atoms with E-state index < -0.39 is 0 Å². The molecule has 3 aromatic rings. The number of halogens is 1. The van der Waals surface area contributed by atoms with Gasteiger partial charge in [0.1, 0.15) is 0 Å². The van der Waals surface area contributed by atoms with E-state index in [1.807, 2.05) is 13.0 Å². The molecule has 0 aliphatic heterocycles. The average Bonchev–Trinajstić information content (AvgIpc) is 2.65. The van der Waals surface area contributed by atoms with Crippen molar-refractivity contribution in [1.29, 1.82) is 0 Å². The summed E-state index contributed by atoms with van der Waals surface area (Å²) in [6, 6.07) is 12.4. The molecule has 0 radical (unpaired) electrons. The second-order valence-corrected chi connectivity index (χ2v) is 7.29. The topological polar surface area (TPSA) is 64.0 Å². The molecule has 2 aromatic carbocycles. The van der Waals surface area contributed by atoms with Crippen LogP contribution in [0.1, 0.15) is 5.56 Å². The molecule has 1 amide bonds. The molecule has 1 aromatic heterocycles. The second kappa shape index (κ2) is 8.41. The van der Waals surface area contributed by atoms with Crippen LogP contribution in [0.15, 0.2) is 65.1 Å². The third-order valence-electron chi connectivity index (χ3n) is 3.93. The zero-order valence-corrected chi connectivity index (χ0v) is 16.3. The van der Waals surface area contributed by atoms with Crippen LogP contribution in [0.3, 0.4) is 0 Å². The average molecular weight is 400 g/mol. The minimum absolute atomic E-state index is 0.129. The summed E-state index contributed by atoms with van der Waals surface area (Å²) >= 11 is 7.16. The Bertz CT molecular complexity index is 1080. The van der Waals surface area contributed by atoms with Gasteiger partial charge in [-0.25, -0.2) is 4.98 Å². The number of anilines is 1. The highest BCUT2D eigenvalue weighted by atomic mass is 35.5. The van der Waals surface area contributed by atoms with Crippen LogP contribution in [0.4, 0.5) is 5.69 Å². The van der Waals surface area contributed by atoms with Crippen molar-refractivity contribution in [2.24, 2.45) is 0 Å². The molecule has 0 bridgehead atoms. The van der Waals surface area contributed by atoms with Crippen molar-refractivity contribution >= 4 is 45.9 Å². The highest BCUT2D eigenvalue weighted by molar-refractivity contribution is 7.99. The lowest BCUT2D eigenvalue weighted by molar-refractivity contribution is -0.113. The molecular weight excluding hydrogens is 382 g/mol. The number of allylic oxidation sites excluding steroid dienone is 1. The summed E-state index contributed by atoms with van der Waals surface area (Å²) in [7, 11) is 0. The van der Waals surface area contributed by atoms with Crippen LogP contribution >= 0.6 is 23.4 Å². The van der Waals surface area contributed by atoms with Crippen LogP contribution in [-0.2, 0) is 11.3 Å². The molecule has 1 N–H and O–H groups in total. The van der Waals surface area contributed by atoms with E-state index in [0.29, 0.717) is 33.3 Å². The van der Waals surface area contributed by atoms with Gasteiger partial charge in [-0.1, -0.05) is 41.6 Å². The van der Waals surface area contributed by atoms with Gasteiger partial charge in [-0.3, -0.25) is 14.2 Å². The van der Waals surface area contributed by atoms with Crippen LogP contribution in [0.2, 0.25) is 5.02 Å². The van der Waals surface area contributed by atoms with Gasteiger partial charge in [0.15, 0.2) is 5.16 Å². The summed E-state index contributed by atoms with van der Waals surface area (Å²) in [6.45, 7) is 5.91. The van der Waals surface area contributed by atoms with Gasteiger partial charge in [0.25, 0.3) is 5.56 Å². The molecule has 0 aliphatic carbocycles. The number of hydrogen-bond donors (Lipinski definition) is 1. The van der Waals surface area contributed by atoms with Crippen LogP contribution in [-0.4, -0.2) is 21.2 Å². The summed E-state index contributed by atoms with van der Waals surface area (Å²) in [4.78, 5) is 29.6. The number of aromatic nitrogens is 2. The van der Waals surface area contributed by atoms with Crippen molar-refractivity contribution in [2.75, 3.05) is 11.1 Å². The van der Waals surface area contributed by atoms with E-state index in [0.717, 1.165) is 5.56 Å². The summed E-state index contributed by atoms with van der Waals surface area (Å²) in [6.07, 6.45) is 1.64. The number of para-hydroxylation sites is 1. The molecule has 0 atom stereocenters. The zero-order chi connectivity index (χ0) is 19.4. The van der Waals surface area contributed by atoms with E-state index in [2.05, 4.69) is 16.9 Å². The number of nitrogens with one attached hydrogen (secondary N) is 1. The highest BCUT2D eigenvalue weighted by Crippen LogP contribution is 2.21. The first kappa shape index (κ1) is 19.2. The number of amides is 1. The van der Waals surface area contributed by atoms with Gasteiger partial charge in [0.2, 0.25) is 5.91 Å². The fourth-order valence-electron chi connectivity index (χ4n) is 2.63. The van der Waals surface area contributed by atoms with Crippen LogP contribution < -0.4 is 10.9 Å². The molecule has 7 heteroatoms. The van der Waals surface area contributed by atoms with Crippen molar-refractivity contribution in [3.05, 3.63) is 76.1 Å². The number of nitrogens with zero attached hydrogens (tertiary/aromatic N) is 2. The highest BCUT2D eigenvalue weighted by Gasteiger charge is 2.13. The molecule has 5 nitrogen and oxygen atoms in total. The number of rotatable bonds is 6. The second-order valence-electron chi connectivity index (χ2n) is 5.91. The lowest BCUT2D eigenvalue weighted by atomic mass is 10.2. The van der Waals surface area contributed by atoms with E-state index >= 15 is 0 Å². The fourth-order valence-corrected chi connectivity index (χ4v) is 3.67. The maximum atomic E-state index is 12.7. The lowest BCUT2D eigenvalue weighted by Gasteiger charge is -2.12. The van der Waals surface area contributed by atoms with E-state index in [1.165, 1.54) is 16.3 Å². The molecular formula is C20H18ClN3O2S. The first-order valence-electron chi connectivity index (χ1n) is 8.29. The SMILES string of the molecule is C=CCn1c(SCC(=O)Nc2ccc(Cl)cc2C)nc2ccccc2c1=O. The number of carbonyl (C=O) groups excluding carboxylic acids is 1. The predicted molar refractivity (Wildman–Crippen MR) is 112 cm³/mol. The Balaban J connectivity index is 1.81. The Morgan fingerprint density at radius 3 is 2.85 bits per heavy atom. The minimum Gasteiger partial charge on any atom is -0.325 e. The fraction of sp³-hybridized carbons (Fsp3) is 0.150. The Hall–Kier alpha value is -2.57.